The van der Waals surface area contributed by atoms with Gasteiger partial charge >= 0.3 is 5.97 Å². The number of rotatable bonds is 10. The molecule has 4 aliphatic heterocycles. The Morgan fingerprint density at radius 1 is 1.12 bits per heavy atom. The number of hydrogen-bond donors (Lipinski definition) is 7. The molecule has 0 aromatic heterocycles. The lowest BCUT2D eigenvalue weighted by molar-refractivity contribution is -0.703. The summed E-state index contributed by atoms with van der Waals surface area (Å²) in [5.41, 5.74) is 12.4. The maximum Gasteiger partial charge on any atom is 0.333 e. The van der Waals surface area contributed by atoms with E-state index in [4.69, 9.17) is 25.7 Å². The van der Waals surface area contributed by atoms with E-state index in [1.807, 2.05) is 6.92 Å². The molecule has 12 nitrogen and oxygen atoms in total. The van der Waals surface area contributed by atoms with Gasteiger partial charge in [0.25, 0.3) is 0 Å². The van der Waals surface area contributed by atoms with Gasteiger partial charge in [0.1, 0.15) is 23.7 Å². The molecular formula is C39H67N4O8+. The first kappa shape index (κ1) is 39.2. The number of fused-ring (bicyclic) bond motifs is 2. The summed E-state index contributed by atoms with van der Waals surface area (Å²) in [5, 5.41) is 38.8. The van der Waals surface area contributed by atoms with E-state index in [0.717, 1.165) is 77.3 Å². The minimum Gasteiger partial charge on any atom is -0.456 e. The summed E-state index contributed by atoms with van der Waals surface area (Å²) in [7, 11) is 0. The van der Waals surface area contributed by atoms with E-state index in [-0.39, 0.29) is 55.0 Å². The number of aliphatic hydroxyl groups excluding tert-OH is 3. The highest BCUT2D eigenvalue weighted by atomic mass is 16.6. The average molecular weight is 720 g/mol. The summed E-state index contributed by atoms with van der Waals surface area (Å²) >= 11 is 0. The van der Waals surface area contributed by atoms with Crippen molar-refractivity contribution < 1.29 is 44.4 Å². The van der Waals surface area contributed by atoms with Crippen LogP contribution in [0.15, 0.2) is 11.6 Å². The lowest BCUT2D eigenvalue weighted by atomic mass is 9.56. The highest BCUT2D eigenvalue weighted by molar-refractivity contribution is 5.87. The van der Waals surface area contributed by atoms with Crippen LogP contribution in [-0.2, 0) is 23.8 Å². The fourth-order valence-corrected chi connectivity index (χ4v) is 10.9. The van der Waals surface area contributed by atoms with Gasteiger partial charge in [-0.1, -0.05) is 18.9 Å². The monoisotopic (exact) mass is 719 g/mol. The Kier molecular flexibility index (Phi) is 13.0. The Hall–Kier alpha value is -1.48. The molecule has 0 radical (unpaired) electrons. The Labute approximate surface area is 304 Å². The topological polar surface area (TPSA) is 203 Å². The van der Waals surface area contributed by atoms with Crippen LogP contribution in [0.2, 0.25) is 0 Å². The second-order valence-corrected chi connectivity index (χ2v) is 17.4. The Balaban J connectivity index is 1.39. The van der Waals surface area contributed by atoms with Crippen LogP contribution in [-0.4, -0.2) is 101 Å². The van der Waals surface area contributed by atoms with Crippen LogP contribution in [0.4, 0.5) is 0 Å². The van der Waals surface area contributed by atoms with Gasteiger partial charge in [0, 0.05) is 36.2 Å². The van der Waals surface area contributed by atoms with Crippen molar-refractivity contribution in [1.82, 2.24) is 5.32 Å². The number of hydrogen-bond acceptors (Lipinski definition) is 11. The number of quaternary nitrogens is 1. The van der Waals surface area contributed by atoms with Gasteiger partial charge in [0.15, 0.2) is 0 Å². The number of carbonyl (C=O) groups is 2. The lowest BCUT2D eigenvalue weighted by Crippen LogP contribution is -2.95. The van der Waals surface area contributed by atoms with Crippen molar-refractivity contribution in [2.45, 2.75) is 159 Å². The number of piperidine rings is 2. The van der Waals surface area contributed by atoms with Gasteiger partial charge in [-0.05, 0) is 103 Å². The molecule has 6 aliphatic rings. The van der Waals surface area contributed by atoms with Gasteiger partial charge in [-0.2, -0.15) is 0 Å². The molecule has 6 fully saturated rings. The highest BCUT2D eigenvalue weighted by Crippen LogP contribution is 2.55. The predicted octanol–water partition coefficient (Wildman–Crippen LogP) is 1.23. The zero-order valence-electron chi connectivity index (χ0n) is 31.2. The van der Waals surface area contributed by atoms with Crippen LogP contribution in [0.25, 0.3) is 0 Å². The molecule has 12 heteroatoms. The first-order valence-electron chi connectivity index (χ1n) is 20.1. The smallest absolute Gasteiger partial charge is 0.333 e. The van der Waals surface area contributed by atoms with Crippen LogP contribution in [0.3, 0.4) is 0 Å². The van der Waals surface area contributed by atoms with Crippen LogP contribution in [0.5, 0.6) is 0 Å². The zero-order valence-corrected chi connectivity index (χ0v) is 31.2. The number of Topliss-reactive ketones (excluding diaryl/α,β-unsaturated/α-hetero) is 1. The fourth-order valence-electron chi connectivity index (χ4n) is 10.9. The number of carbonyl (C=O) groups excluding carboxylic acids is 2. The van der Waals surface area contributed by atoms with Crippen molar-refractivity contribution in [3.8, 4) is 0 Å². The van der Waals surface area contributed by atoms with Crippen molar-refractivity contribution in [3.05, 3.63) is 11.6 Å². The molecule has 0 aromatic rings. The molecule has 6 rings (SSSR count). The second kappa shape index (κ2) is 16.9. The molecule has 4 saturated heterocycles. The zero-order chi connectivity index (χ0) is 36.4. The van der Waals surface area contributed by atoms with Gasteiger partial charge in [-0.25, -0.2) is 4.79 Å². The number of nitrogens with two attached hydrogens (primary N) is 3. The van der Waals surface area contributed by atoms with E-state index in [1.165, 1.54) is 0 Å². The summed E-state index contributed by atoms with van der Waals surface area (Å²) < 4.78 is 20.4. The van der Waals surface area contributed by atoms with Crippen molar-refractivity contribution >= 4 is 11.8 Å². The first-order chi connectivity index (χ1) is 24.4. The first-order valence-corrected chi connectivity index (χ1v) is 20.1. The number of nitrogens with one attached hydrogen (secondary N) is 1. The molecule has 4 heterocycles. The van der Waals surface area contributed by atoms with Gasteiger partial charge in [0.2, 0.25) is 0 Å². The third kappa shape index (κ3) is 8.75. The molecule has 0 amide bonds. The standard InChI is InChI=1S/C39H66N4O8/c1-4-21(2)38(48)50-30-18-28-35(47)34-29(46)17-26(20-44)49-37(34)33(36(28)51-39(30,3)12-10-22-8-9-31(40)43-19-22)27(24-11-13-42-32(41)16-24)15-23-6-5-7-25(45)14-23/h4,22-28,30-37,42-45,47H,5-20,40-41H2,1-3H3/p+1. The van der Waals surface area contributed by atoms with E-state index in [0.29, 0.717) is 30.3 Å². The van der Waals surface area contributed by atoms with Gasteiger partial charge in [0.05, 0.1) is 55.8 Å². The molecule has 51 heavy (non-hydrogen) atoms. The van der Waals surface area contributed by atoms with Crippen molar-refractivity contribution in [2.24, 2.45) is 52.9 Å². The van der Waals surface area contributed by atoms with Gasteiger partial charge < -0.3 is 45.9 Å². The Bertz CT molecular complexity index is 1230. The minimum atomic E-state index is -1.04. The molecule has 16 unspecified atom stereocenters. The maximum atomic E-state index is 14.0. The number of ether oxygens (including phenoxy) is 3. The number of allylic oxidation sites excluding steroid dienone is 1. The average Bonchev–Trinajstić information content (AvgIpc) is 3.11. The third-order valence-electron chi connectivity index (χ3n) is 13.9. The number of esters is 1. The summed E-state index contributed by atoms with van der Waals surface area (Å²) in [6, 6.07) is 0. The predicted molar refractivity (Wildman–Crippen MR) is 191 cm³/mol. The van der Waals surface area contributed by atoms with Crippen LogP contribution >= 0.6 is 0 Å². The fraction of sp³-hybridized carbons (Fsp3) is 0.897. The molecule has 0 bridgehead atoms. The van der Waals surface area contributed by atoms with Gasteiger partial charge in [-0.3, -0.25) is 10.5 Å². The molecular weight excluding hydrogens is 652 g/mol. The second-order valence-electron chi connectivity index (χ2n) is 17.4. The largest absolute Gasteiger partial charge is 0.456 e. The van der Waals surface area contributed by atoms with E-state index in [2.05, 4.69) is 17.6 Å². The molecule has 16 atom stereocenters. The normalized spacial score (nSPS) is 45.7. The number of ketones is 1. The van der Waals surface area contributed by atoms with Crippen LogP contribution < -0.4 is 22.1 Å². The lowest BCUT2D eigenvalue weighted by Gasteiger charge is -2.60. The Morgan fingerprint density at radius 2 is 1.92 bits per heavy atom. The van der Waals surface area contributed by atoms with Crippen molar-refractivity contribution in [1.29, 1.82) is 0 Å². The van der Waals surface area contributed by atoms with E-state index in [1.54, 1.807) is 13.0 Å². The summed E-state index contributed by atoms with van der Waals surface area (Å²) in [6.45, 7) is 7.09. The van der Waals surface area contributed by atoms with Gasteiger partial charge in [-0.15, -0.1) is 0 Å². The Morgan fingerprint density at radius 3 is 2.61 bits per heavy atom. The quantitative estimate of drug-likeness (QED) is 0.126. The maximum absolute atomic E-state index is 14.0. The van der Waals surface area contributed by atoms with Crippen LogP contribution in [0, 0.1) is 41.4 Å². The third-order valence-corrected chi connectivity index (χ3v) is 13.9. The molecule has 290 valence electrons. The minimum absolute atomic E-state index is 0.0502. The summed E-state index contributed by atoms with van der Waals surface area (Å²) in [4.78, 5) is 27.3. The summed E-state index contributed by atoms with van der Waals surface area (Å²) in [6.07, 6.45) is 8.09. The number of aliphatic hydroxyl groups is 3. The van der Waals surface area contributed by atoms with Crippen molar-refractivity contribution in [3.63, 3.8) is 0 Å². The SMILES string of the molecule is CC=C(C)C(=O)OC1CC2C(O)C3C(=O)CC(CO)OC3C(C(CC3CCCC(O)C3)C3CCNC(N)C3)C2OC1(C)CCC1CCC(N)[NH2+]C1. The highest BCUT2D eigenvalue weighted by Gasteiger charge is 2.63. The van der Waals surface area contributed by atoms with E-state index < -0.39 is 53.9 Å². The molecule has 10 N–H and O–H groups in total. The van der Waals surface area contributed by atoms with Crippen molar-refractivity contribution in [2.75, 3.05) is 19.7 Å². The molecule has 0 spiro atoms. The molecule has 2 aliphatic carbocycles. The molecule has 2 saturated carbocycles. The molecule has 0 aromatic carbocycles. The van der Waals surface area contributed by atoms with E-state index >= 15 is 0 Å². The summed E-state index contributed by atoms with van der Waals surface area (Å²) in [5.74, 6) is -0.928. The van der Waals surface area contributed by atoms with E-state index in [9.17, 15) is 24.9 Å². The van der Waals surface area contributed by atoms with Crippen LogP contribution in [0.1, 0.15) is 104 Å².